The average molecular weight is 1260 g/mol. The van der Waals surface area contributed by atoms with Gasteiger partial charge in [0, 0.05) is 6.42 Å². The van der Waals surface area contributed by atoms with Gasteiger partial charge in [-0.2, -0.15) is 0 Å². The van der Waals surface area contributed by atoms with Crippen molar-refractivity contribution in [2.75, 3.05) is 26.4 Å². The molecule has 0 aromatic heterocycles. The first kappa shape index (κ1) is 80.5. The Bertz CT molecular complexity index is 1690. The highest BCUT2D eigenvalue weighted by atomic mass is 16.8. The van der Waals surface area contributed by atoms with Crippen LogP contribution in [0.1, 0.15) is 277 Å². The van der Waals surface area contributed by atoms with Gasteiger partial charge in [0.05, 0.1) is 38.6 Å². The fourth-order valence-electron chi connectivity index (χ4n) is 12.2. The second-order valence-electron chi connectivity index (χ2n) is 25.7. The molecule has 0 saturated carbocycles. The topological polar surface area (TPSA) is 307 Å². The molecule has 0 bridgehead atoms. The lowest BCUT2D eigenvalue weighted by Crippen LogP contribution is -2.66. The number of aliphatic hydroxyl groups excluding tert-OH is 11. The maximum Gasteiger partial charge on any atom is 0.220 e. The van der Waals surface area contributed by atoms with Crippen molar-refractivity contribution < 1.29 is 89.4 Å². The second kappa shape index (κ2) is 51.7. The molecule has 3 saturated heterocycles. The number of ether oxygens (including phenoxy) is 6. The number of rotatable bonds is 55. The van der Waals surface area contributed by atoms with Crippen LogP contribution in [-0.2, 0) is 33.2 Å². The van der Waals surface area contributed by atoms with E-state index in [0.29, 0.717) is 12.8 Å². The molecule has 3 rings (SSSR count). The fraction of sp³-hybridized carbons (Fsp3) is 0.928. The monoisotopic (exact) mass is 1260 g/mol. The minimum Gasteiger partial charge on any atom is -0.394 e. The van der Waals surface area contributed by atoms with E-state index >= 15 is 0 Å². The molecule has 0 aromatic carbocycles. The minimum atomic E-state index is -1.97. The molecule has 17 atom stereocenters. The third-order valence-corrected chi connectivity index (χ3v) is 18.0. The Kier molecular flexibility index (Phi) is 47.3. The number of carbonyl (C=O) groups is 1. The molecule has 3 aliphatic heterocycles. The van der Waals surface area contributed by atoms with E-state index in [4.69, 9.17) is 28.4 Å². The zero-order valence-corrected chi connectivity index (χ0v) is 54.7. The van der Waals surface area contributed by atoms with Gasteiger partial charge in [0.1, 0.15) is 73.2 Å². The van der Waals surface area contributed by atoms with Gasteiger partial charge >= 0.3 is 0 Å². The minimum absolute atomic E-state index is 0.242. The Morgan fingerprint density at radius 3 is 1.16 bits per heavy atom. The van der Waals surface area contributed by atoms with Crippen molar-refractivity contribution in [1.82, 2.24) is 5.32 Å². The fourth-order valence-corrected chi connectivity index (χ4v) is 12.2. The third-order valence-electron chi connectivity index (χ3n) is 18.0. The zero-order chi connectivity index (χ0) is 64.0. The molecule has 0 radical (unpaired) electrons. The molecule has 12 N–H and O–H groups in total. The summed E-state index contributed by atoms with van der Waals surface area (Å²) in [6, 6.07) is -0.881. The van der Waals surface area contributed by atoms with Crippen LogP contribution in [0.25, 0.3) is 0 Å². The largest absolute Gasteiger partial charge is 0.394 e. The highest BCUT2D eigenvalue weighted by Crippen LogP contribution is 2.33. The first-order valence-corrected chi connectivity index (χ1v) is 35.6. The van der Waals surface area contributed by atoms with Crippen molar-refractivity contribution in [2.45, 2.75) is 381 Å². The number of allylic oxidation sites excluding steroid dienone is 4. The number of hydrogen-bond donors (Lipinski definition) is 12. The first-order valence-electron chi connectivity index (χ1n) is 35.6. The summed E-state index contributed by atoms with van der Waals surface area (Å²) >= 11 is 0. The smallest absolute Gasteiger partial charge is 0.220 e. The van der Waals surface area contributed by atoms with Gasteiger partial charge < -0.3 is 89.9 Å². The summed E-state index contributed by atoms with van der Waals surface area (Å²) < 4.78 is 34.3. The van der Waals surface area contributed by atoms with Gasteiger partial charge in [-0.15, -0.1) is 0 Å². The quantitative estimate of drug-likeness (QED) is 0.0199. The molecule has 3 aliphatic rings. The van der Waals surface area contributed by atoms with E-state index in [1.165, 1.54) is 193 Å². The molecule has 518 valence electrons. The van der Waals surface area contributed by atoms with Gasteiger partial charge in [-0.3, -0.25) is 4.79 Å². The average Bonchev–Trinajstić information content (AvgIpc) is 1.15. The summed E-state index contributed by atoms with van der Waals surface area (Å²) in [4.78, 5) is 13.3. The van der Waals surface area contributed by atoms with E-state index in [0.717, 1.165) is 51.4 Å². The molecule has 3 fully saturated rings. The predicted molar refractivity (Wildman–Crippen MR) is 342 cm³/mol. The molecule has 3 heterocycles. The van der Waals surface area contributed by atoms with Gasteiger partial charge in [0.2, 0.25) is 5.91 Å². The van der Waals surface area contributed by atoms with Crippen molar-refractivity contribution in [3.63, 3.8) is 0 Å². The van der Waals surface area contributed by atoms with Crippen LogP contribution in [0.2, 0.25) is 0 Å². The molecule has 0 spiro atoms. The van der Waals surface area contributed by atoms with E-state index < -0.39 is 124 Å². The molecule has 19 nitrogen and oxygen atoms in total. The van der Waals surface area contributed by atoms with E-state index in [1.807, 2.05) is 0 Å². The van der Waals surface area contributed by atoms with Crippen LogP contribution >= 0.6 is 0 Å². The highest BCUT2D eigenvalue weighted by Gasteiger charge is 2.53. The molecular formula is C69H129NO18. The summed E-state index contributed by atoms with van der Waals surface area (Å²) in [5, 5.41) is 120. The van der Waals surface area contributed by atoms with Gasteiger partial charge in [0.15, 0.2) is 18.9 Å². The summed E-state index contributed by atoms with van der Waals surface area (Å²) in [5.41, 5.74) is 0. The van der Waals surface area contributed by atoms with E-state index in [1.54, 1.807) is 0 Å². The Balaban J connectivity index is 1.28. The van der Waals surface area contributed by atoms with Crippen molar-refractivity contribution >= 4 is 5.91 Å². The Morgan fingerprint density at radius 1 is 0.409 bits per heavy atom. The van der Waals surface area contributed by atoms with Crippen molar-refractivity contribution in [2.24, 2.45) is 0 Å². The molecule has 0 aliphatic carbocycles. The van der Waals surface area contributed by atoms with Gasteiger partial charge in [-0.25, -0.2) is 0 Å². The second-order valence-corrected chi connectivity index (χ2v) is 25.7. The predicted octanol–water partition coefficient (Wildman–Crippen LogP) is 9.44. The lowest BCUT2D eigenvalue weighted by Gasteiger charge is -2.48. The Morgan fingerprint density at radius 2 is 0.750 bits per heavy atom. The summed E-state index contributed by atoms with van der Waals surface area (Å²) in [6.07, 6.45) is 31.9. The van der Waals surface area contributed by atoms with Crippen molar-refractivity contribution in [3.05, 3.63) is 24.3 Å². The number of amides is 1. The van der Waals surface area contributed by atoms with Gasteiger partial charge in [-0.1, -0.05) is 250 Å². The van der Waals surface area contributed by atoms with Crippen molar-refractivity contribution in [3.8, 4) is 0 Å². The SMILES string of the molecule is CCCCCCC/C=C\C/C=C\CCCCCCCCCCCCCCCCCCCCCCCCCC(=O)NC(COC1OC(CO)C(OC2OC(CO)C(OC3OC(CO)C(O)C(O)C3O)C(O)C2O)C(O)C1O)C(O)CCCCCCCCCC. The molecule has 88 heavy (non-hydrogen) atoms. The maximum atomic E-state index is 13.3. The molecule has 19 heteroatoms. The Hall–Kier alpha value is -1.73. The lowest BCUT2D eigenvalue weighted by molar-refractivity contribution is -0.379. The van der Waals surface area contributed by atoms with Crippen LogP contribution in [0.5, 0.6) is 0 Å². The molecular weight excluding hydrogens is 1130 g/mol. The van der Waals surface area contributed by atoms with Crippen LogP contribution in [0, 0.1) is 0 Å². The van der Waals surface area contributed by atoms with Crippen LogP contribution in [-0.4, -0.2) is 193 Å². The van der Waals surface area contributed by atoms with Crippen LogP contribution in [0.3, 0.4) is 0 Å². The molecule has 0 aromatic rings. The zero-order valence-electron chi connectivity index (χ0n) is 54.7. The number of unbranched alkanes of at least 4 members (excludes halogenated alkanes) is 35. The van der Waals surface area contributed by atoms with Crippen LogP contribution in [0.15, 0.2) is 24.3 Å². The summed E-state index contributed by atoms with van der Waals surface area (Å²) in [7, 11) is 0. The maximum absolute atomic E-state index is 13.3. The Labute approximate surface area is 530 Å². The van der Waals surface area contributed by atoms with E-state index in [-0.39, 0.29) is 18.9 Å². The highest BCUT2D eigenvalue weighted by molar-refractivity contribution is 5.76. The summed E-state index contributed by atoms with van der Waals surface area (Å²) in [6.45, 7) is 1.76. The number of carbonyl (C=O) groups excluding carboxylic acids is 1. The third kappa shape index (κ3) is 33.4. The van der Waals surface area contributed by atoms with Gasteiger partial charge in [0.25, 0.3) is 0 Å². The van der Waals surface area contributed by atoms with Crippen molar-refractivity contribution in [1.29, 1.82) is 0 Å². The first-order chi connectivity index (χ1) is 42.8. The van der Waals surface area contributed by atoms with Gasteiger partial charge in [-0.05, 0) is 44.9 Å². The number of hydrogen-bond acceptors (Lipinski definition) is 18. The van der Waals surface area contributed by atoms with Crippen LogP contribution < -0.4 is 5.32 Å². The van der Waals surface area contributed by atoms with Crippen LogP contribution in [0.4, 0.5) is 0 Å². The molecule has 1 amide bonds. The van der Waals surface area contributed by atoms with E-state index in [2.05, 4.69) is 43.5 Å². The standard InChI is InChI=1S/C69H129NO18/c1-3-5-7-9-11-13-14-15-16-17-18-19-20-21-22-23-24-25-26-27-28-29-30-31-32-33-34-35-36-37-38-39-41-43-45-47-57(75)70-52(53(74)46-44-42-40-12-10-8-6-4-2)51-83-67-63(81)60(78)65(55(49-72)85-67)88-69-64(82)61(79)66(56(50-73)86-69)87-68-62(80)59(77)58(76)54(48-71)84-68/h14-15,17-18,52-56,58-69,71-74,76-82H,3-13,16,19-51H2,1-2H3,(H,70,75)/b15-14-,18-17-. The summed E-state index contributed by atoms with van der Waals surface area (Å²) in [5.74, 6) is -0.242. The molecule has 17 unspecified atom stereocenters. The number of nitrogens with one attached hydrogen (secondary N) is 1. The number of aliphatic hydroxyl groups is 11. The lowest BCUT2D eigenvalue weighted by atomic mass is 9.96. The normalized spacial score (nSPS) is 28.5. The van der Waals surface area contributed by atoms with E-state index in [9.17, 15) is 61.0 Å².